The largest absolute Gasteiger partial charge is 0.292 e. The number of allylic oxidation sites excluding steroid dienone is 2. The average molecular weight is 178 g/mol. The van der Waals surface area contributed by atoms with Gasteiger partial charge in [-0.25, -0.2) is 0 Å². The highest BCUT2D eigenvalue weighted by atomic mass is 15.4. The molecule has 0 radical (unpaired) electrons. The average Bonchev–Trinajstić information content (AvgIpc) is 2.50. The molecule has 0 aromatic carbocycles. The second-order valence-corrected chi connectivity index (χ2v) is 3.46. The minimum Gasteiger partial charge on any atom is -0.292 e. The minimum atomic E-state index is 0.986. The standard InChI is InChI=1S/C11H18N2/c1-4-6-11(5-2)9-13-8-7-12(3)10-13/h4-6H,1-2,7-10H2,3H3/b11-6+. The molecule has 0 spiro atoms. The van der Waals surface area contributed by atoms with Gasteiger partial charge in [0.2, 0.25) is 0 Å². The molecular weight excluding hydrogens is 160 g/mol. The molecule has 0 bridgehead atoms. The van der Waals surface area contributed by atoms with Crippen LogP contribution in [0.25, 0.3) is 0 Å². The highest BCUT2D eigenvalue weighted by Gasteiger charge is 2.15. The first-order chi connectivity index (χ1) is 6.26. The third-order valence-corrected chi connectivity index (χ3v) is 2.24. The first-order valence-electron chi connectivity index (χ1n) is 4.61. The SMILES string of the molecule is C=C/C=C(\C=C)CN1CCN(C)C1. The molecule has 1 rings (SSSR count). The van der Waals surface area contributed by atoms with Gasteiger partial charge in [0.15, 0.2) is 0 Å². The monoisotopic (exact) mass is 178 g/mol. The number of hydrogen-bond donors (Lipinski definition) is 0. The van der Waals surface area contributed by atoms with Crippen LogP contribution < -0.4 is 0 Å². The summed E-state index contributed by atoms with van der Waals surface area (Å²) in [4.78, 5) is 4.71. The van der Waals surface area contributed by atoms with Gasteiger partial charge in [-0.05, 0) is 12.6 Å². The van der Waals surface area contributed by atoms with Gasteiger partial charge >= 0.3 is 0 Å². The molecule has 72 valence electrons. The summed E-state index contributed by atoms with van der Waals surface area (Å²) in [5.41, 5.74) is 1.24. The fraction of sp³-hybridized carbons (Fsp3) is 0.455. The summed E-state index contributed by atoms with van der Waals surface area (Å²) in [5, 5.41) is 0. The fourth-order valence-electron chi connectivity index (χ4n) is 1.52. The minimum absolute atomic E-state index is 0.986. The van der Waals surface area contributed by atoms with Crippen LogP contribution >= 0.6 is 0 Å². The van der Waals surface area contributed by atoms with Gasteiger partial charge in [0.1, 0.15) is 0 Å². The Morgan fingerprint density at radius 2 is 2.15 bits per heavy atom. The first kappa shape index (κ1) is 10.2. The number of rotatable bonds is 4. The quantitative estimate of drug-likeness (QED) is 0.602. The van der Waals surface area contributed by atoms with Gasteiger partial charge in [-0.3, -0.25) is 9.80 Å². The molecule has 0 saturated carbocycles. The lowest BCUT2D eigenvalue weighted by Crippen LogP contribution is -2.24. The highest BCUT2D eigenvalue weighted by molar-refractivity contribution is 5.22. The summed E-state index contributed by atoms with van der Waals surface area (Å²) >= 11 is 0. The molecule has 1 heterocycles. The molecule has 13 heavy (non-hydrogen) atoms. The molecule has 0 unspecified atom stereocenters. The van der Waals surface area contributed by atoms with Crippen molar-refractivity contribution in [1.82, 2.24) is 9.80 Å². The van der Waals surface area contributed by atoms with E-state index < -0.39 is 0 Å². The zero-order chi connectivity index (χ0) is 9.68. The smallest absolute Gasteiger partial charge is 0.0507 e. The summed E-state index contributed by atoms with van der Waals surface area (Å²) in [6.45, 7) is 11.8. The molecule has 1 saturated heterocycles. The Hall–Kier alpha value is -0.860. The summed E-state index contributed by atoms with van der Waals surface area (Å²) in [6, 6.07) is 0. The maximum atomic E-state index is 3.78. The van der Waals surface area contributed by atoms with E-state index in [1.807, 2.05) is 18.2 Å². The van der Waals surface area contributed by atoms with Gasteiger partial charge in [-0.15, -0.1) is 0 Å². The summed E-state index contributed by atoms with van der Waals surface area (Å²) in [7, 11) is 2.14. The van der Waals surface area contributed by atoms with Gasteiger partial charge in [0, 0.05) is 19.6 Å². The van der Waals surface area contributed by atoms with E-state index in [-0.39, 0.29) is 0 Å². The van der Waals surface area contributed by atoms with Crippen molar-refractivity contribution < 1.29 is 0 Å². The van der Waals surface area contributed by atoms with E-state index in [1.54, 1.807) is 0 Å². The van der Waals surface area contributed by atoms with Crippen LogP contribution in [0.3, 0.4) is 0 Å². The second kappa shape index (κ2) is 5.00. The van der Waals surface area contributed by atoms with Crippen molar-refractivity contribution in [3.63, 3.8) is 0 Å². The van der Waals surface area contributed by atoms with Gasteiger partial charge < -0.3 is 0 Å². The van der Waals surface area contributed by atoms with Crippen molar-refractivity contribution in [2.75, 3.05) is 33.4 Å². The molecule has 2 heteroatoms. The number of hydrogen-bond acceptors (Lipinski definition) is 2. The van der Waals surface area contributed by atoms with Crippen molar-refractivity contribution in [3.05, 3.63) is 37.0 Å². The normalized spacial score (nSPS) is 20.5. The fourth-order valence-corrected chi connectivity index (χ4v) is 1.52. The van der Waals surface area contributed by atoms with Gasteiger partial charge in [-0.2, -0.15) is 0 Å². The molecule has 2 nitrogen and oxygen atoms in total. The number of nitrogens with zero attached hydrogens (tertiary/aromatic N) is 2. The molecular formula is C11H18N2. The van der Waals surface area contributed by atoms with Crippen LogP contribution in [0.4, 0.5) is 0 Å². The lowest BCUT2D eigenvalue weighted by molar-refractivity contribution is 0.293. The molecule has 0 N–H and O–H groups in total. The zero-order valence-corrected chi connectivity index (χ0v) is 8.37. The molecule has 0 atom stereocenters. The molecule has 0 aliphatic carbocycles. The van der Waals surface area contributed by atoms with Gasteiger partial charge in [0.25, 0.3) is 0 Å². The van der Waals surface area contributed by atoms with Gasteiger partial charge in [0.05, 0.1) is 6.67 Å². The van der Waals surface area contributed by atoms with E-state index in [0.29, 0.717) is 0 Å². The molecule has 1 aliphatic heterocycles. The predicted octanol–water partition coefficient (Wildman–Crippen LogP) is 1.49. The molecule has 1 aliphatic rings. The van der Waals surface area contributed by atoms with Crippen molar-refractivity contribution in [3.8, 4) is 0 Å². The number of likely N-dealkylation sites (N-methyl/N-ethyl adjacent to an activating group) is 1. The maximum absolute atomic E-state index is 3.78. The Morgan fingerprint density at radius 3 is 2.62 bits per heavy atom. The van der Waals surface area contributed by atoms with Crippen LogP contribution in [0.5, 0.6) is 0 Å². The van der Waals surface area contributed by atoms with Crippen LogP contribution in [0.2, 0.25) is 0 Å². The Kier molecular flexibility index (Phi) is 3.93. The maximum Gasteiger partial charge on any atom is 0.0507 e. The second-order valence-electron chi connectivity index (χ2n) is 3.46. The van der Waals surface area contributed by atoms with E-state index >= 15 is 0 Å². The van der Waals surface area contributed by atoms with E-state index in [0.717, 1.165) is 19.8 Å². The third-order valence-electron chi connectivity index (χ3n) is 2.24. The van der Waals surface area contributed by atoms with E-state index in [9.17, 15) is 0 Å². The Morgan fingerprint density at radius 1 is 1.38 bits per heavy atom. The highest BCUT2D eigenvalue weighted by Crippen LogP contribution is 2.06. The summed E-state index contributed by atoms with van der Waals surface area (Å²) < 4.78 is 0. The van der Waals surface area contributed by atoms with Crippen molar-refractivity contribution >= 4 is 0 Å². The first-order valence-corrected chi connectivity index (χ1v) is 4.61. The Bertz CT molecular complexity index is 218. The Labute approximate surface area is 80.8 Å². The third kappa shape index (κ3) is 3.17. The predicted molar refractivity (Wildman–Crippen MR) is 57.5 cm³/mol. The van der Waals surface area contributed by atoms with Crippen LogP contribution in [-0.2, 0) is 0 Å². The molecule has 0 aromatic rings. The van der Waals surface area contributed by atoms with E-state index in [1.165, 1.54) is 12.1 Å². The summed E-state index contributed by atoms with van der Waals surface area (Å²) in [6.07, 6.45) is 5.74. The van der Waals surface area contributed by atoms with Crippen LogP contribution in [0, 0.1) is 0 Å². The van der Waals surface area contributed by atoms with Crippen LogP contribution in [-0.4, -0.2) is 43.2 Å². The summed E-state index contributed by atoms with van der Waals surface area (Å²) in [5.74, 6) is 0. The van der Waals surface area contributed by atoms with E-state index in [4.69, 9.17) is 0 Å². The van der Waals surface area contributed by atoms with Crippen LogP contribution in [0.1, 0.15) is 0 Å². The van der Waals surface area contributed by atoms with Crippen LogP contribution in [0.15, 0.2) is 37.0 Å². The molecule has 1 fully saturated rings. The van der Waals surface area contributed by atoms with Crippen molar-refractivity contribution in [2.45, 2.75) is 0 Å². The molecule has 0 aromatic heterocycles. The Balaban J connectivity index is 2.42. The van der Waals surface area contributed by atoms with Crippen molar-refractivity contribution in [2.24, 2.45) is 0 Å². The molecule has 0 amide bonds. The lowest BCUT2D eigenvalue weighted by atomic mass is 10.2. The van der Waals surface area contributed by atoms with E-state index in [2.05, 4.69) is 30.0 Å². The zero-order valence-electron chi connectivity index (χ0n) is 8.37. The van der Waals surface area contributed by atoms with Crippen molar-refractivity contribution in [1.29, 1.82) is 0 Å². The van der Waals surface area contributed by atoms with Gasteiger partial charge in [-0.1, -0.05) is 31.4 Å². The topological polar surface area (TPSA) is 6.48 Å². The lowest BCUT2D eigenvalue weighted by Gasteiger charge is -2.15.